The molecule has 1 aromatic heterocycles. The number of thioether (sulfide) groups is 1. The van der Waals surface area contributed by atoms with E-state index in [2.05, 4.69) is 11.1 Å². The van der Waals surface area contributed by atoms with Crippen molar-refractivity contribution in [2.45, 2.75) is 24.3 Å². The summed E-state index contributed by atoms with van der Waals surface area (Å²) in [5.41, 5.74) is 1.17. The minimum atomic E-state index is -0.392. The van der Waals surface area contributed by atoms with Gasteiger partial charge in [0.25, 0.3) is 5.56 Å². The van der Waals surface area contributed by atoms with Crippen LogP contribution in [-0.2, 0) is 0 Å². The van der Waals surface area contributed by atoms with E-state index >= 15 is 0 Å². The van der Waals surface area contributed by atoms with Crippen molar-refractivity contribution in [2.75, 3.05) is 0 Å². The first-order valence-electron chi connectivity index (χ1n) is 7.36. The monoisotopic (exact) mass is 339 g/mol. The zero-order chi connectivity index (χ0) is 17.3. The molecule has 2 aromatic carbocycles. The average molecular weight is 339 g/mol. The van der Waals surface area contributed by atoms with Crippen LogP contribution < -0.4 is 5.56 Å². The first-order chi connectivity index (χ1) is 11.5. The van der Waals surface area contributed by atoms with Gasteiger partial charge in [-0.2, -0.15) is 5.26 Å². The van der Waals surface area contributed by atoms with Gasteiger partial charge >= 0.3 is 0 Å². The fourth-order valence-electron chi connectivity index (χ4n) is 2.32. The van der Waals surface area contributed by atoms with Crippen LogP contribution in [0.15, 0.2) is 52.4 Å². The van der Waals surface area contributed by atoms with E-state index in [9.17, 15) is 9.18 Å². The number of hydrogen-bond donors (Lipinski definition) is 0. The van der Waals surface area contributed by atoms with Gasteiger partial charge in [-0.15, -0.1) is 0 Å². The number of aryl methyl sites for hydroxylation is 1. The molecule has 0 bridgehead atoms. The summed E-state index contributed by atoms with van der Waals surface area (Å²) in [6.07, 6.45) is 0. The maximum absolute atomic E-state index is 14.0. The Labute approximate surface area is 142 Å². The van der Waals surface area contributed by atoms with Crippen molar-refractivity contribution >= 4 is 22.7 Å². The Morgan fingerprint density at radius 2 is 2.04 bits per heavy atom. The van der Waals surface area contributed by atoms with Crippen LogP contribution in [0, 0.1) is 24.1 Å². The zero-order valence-corrected chi connectivity index (χ0v) is 14.0. The number of para-hydroxylation sites is 1. The lowest BCUT2D eigenvalue weighted by Gasteiger charge is -2.14. The molecule has 24 heavy (non-hydrogen) atoms. The Balaban J connectivity index is 2.32. The summed E-state index contributed by atoms with van der Waals surface area (Å²) in [5, 5.41) is 9.51. The van der Waals surface area contributed by atoms with E-state index < -0.39 is 5.82 Å². The second kappa shape index (κ2) is 6.46. The largest absolute Gasteiger partial charge is 0.268 e. The summed E-state index contributed by atoms with van der Waals surface area (Å²) in [6, 6.07) is 13.7. The third-order valence-electron chi connectivity index (χ3n) is 3.62. The molecule has 4 nitrogen and oxygen atoms in total. The normalized spacial score (nSPS) is 12.1. The lowest BCUT2D eigenvalue weighted by atomic mass is 10.2. The summed E-state index contributed by atoms with van der Waals surface area (Å²) < 4.78 is 15.3. The van der Waals surface area contributed by atoms with E-state index in [4.69, 9.17) is 5.26 Å². The van der Waals surface area contributed by atoms with Crippen molar-refractivity contribution < 1.29 is 4.39 Å². The Hall–Kier alpha value is -2.65. The van der Waals surface area contributed by atoms with Crippen molar-refractivity contribution in [1.82, 2.24) is 9.55 Å². The molecule has 3 rings (SSSR count). The number of hydrogen-bond acceptors (Lipinski definition) is 4. The number of halogens is 1. The van der Waals surface area contributed by atoms with E-state index in [1.54, 1.807) is 50.2 Å². The third-order valence-corrected chi connectivity index (χ3v) is 4.57. The molecule has 1 heterocycles. The van der Waals surface area contributed by atoms with Gasteiger partial charge in [0.15, 0.2) is 5.16 Å². The van der Waals surface area contributed by atoms with Crippen LogP contribution in [0.25, 0.3) is 16.6 Å². The van der Waals surface area contributed by atoms with Crippen LogP contribution in [-0.4, -0.2) is 14.8 Å². The highest BCUT2D eigenvalue weighted by Gasteiger charge is 2.16. The van der Waals surface area contributed by atoms with Gasteiger partial charge in [-0.05, 0) is 43.7 Å². The molecule has 3 aromatic rings. The van der Waals surface area contributed by atoms with E-state index in [-0.39, 0.29) is 10.8 Å². The minimum absolute atomic E-state index is 0.281. The first kappa shape index (κ1) is 16.2. The first-order valence-corrected chi connectivity index (χ1v) is 8.24. The number of benzene rings is 2. The molecule has 0 spiro atoms. The summed E-state index contributed by atoms with van der Waals surface area (Å²) in [5.74, 6) is -0.392. The van der Waals surface area contributed by atoms with Gasteiger partial charge in [-0.1, -0.05) is 30.0 Å². The number of fused-ring (bicyclic) bond motifs is 1. The van der Waals surface area contributed by atoms with Crippen molar-refractivity contribution in [3.63, 3.8) is 0 Å². The predicted octanol–water partition coefficient (Wildman–Crippen LogP) is 3.84. The predicted molar refractivity (Wildman–Crippen MR) is 93.0 cm³/mol. The highest BCUT2D eigenvalue weighted by Crippen LogP contribution is 2.25. The molecule has 0 aliphatic rings. The van der Waals surface area contributed by atoms with E-state index in [1.807, 2.05) is 0 Å². The van der Waals surface area contributed by atoms with E-state index in [1.165, 1.54) is 22.4 Å². The molecular formula is C18H14FN3OS. The topological polar surface area (TPSA) is 58.7 Å². The molecule has 0 amide bonds. The fourth-order valence-corrected chi connectivity index (χ4v) is 3.14. The van der Waals surface area contributed by atoms with Crippen LogP contribution in [0.2, 0.25) is 0 Å². The van der Waals surface area contributed by atoms with E-state index in [0.717, 1.165) is 0 Å². The number of aromatic nitrogens is 2. The summed E-state index contributed by atoms with van der Waals surface area (Å²) in [7, 11) is 0. The van der Waals surface area contributed by atoms with Crippen molar-refractivity contribution in [2.24, 2.45) is 0 Å². The fraction of sp³-hybridized carbons (Fsp3) is 0.167. The van der Waals surface area contributed by atoms with Gasteiger partial charge < -0.3 is 0 Å². The zero-order valence-electron chi connectivity index (χ0n) is 13.2. The summed E-state index contributed by atoms with van der Waals surface area (Å²) in [6.45, 7) is 3.39. The molecule has 0 saturated carbocycles. The Morgan fingerprint density at radius 3 is 2.75 bits per heavy atom. The molecule has 6 heteroatoms. The molecule has 0 fully saturated rings. The molecule has 0 aliphatic heterocycles. The Kier molecular flexibility index (Phi) is 4.36. The molecule has 1 atom stereocenters. The lowest BCUT2D eigenvalue weighted by Crippen LogP contribution is -2.22. The minimum Gasteiger partial charge on any atom is -0.268 e. The summed E-state index contributed by atoms with van der Waals surface area (Å²) >= 11 is 1.17. The average Bonchev–Trinajstić information content (AvgIpc) is 2.58. The molecule has 0 unspecified atom stereocenters. The van der Waals surface area contributed by atoms with Crippen LogP contribution in [0.4, 0.5) is 4.39 Å². The number of nitriles is 1. The molecule has 0 N–H and O–H groups in total. The standard InChI is InChI=1S/C18H14FN3OS/c1-11-7-8-13(9-15(11)19)22-17(23)14-5-3-4-6-16(14)21-18(22)24-12(2)10-20/h3-9,12H,1-2H3/t12-/m1/s1. The van der Waals surface area contributed by atoms with Gasteiger partial charge in [-0.3, -0.25) is 9.36 Å². The highest BCUT2D eigenvalue weighted by molar-refractivity contribution is 8.00. The van der Waals surface area contributed by atoms with Crippen LogP contribution in [0.3, 0.4) is 0 Å². The molecule has 0 saturated heterocycles. The van der Waals surface area contributed by atoms with Gasteiger partial charge in [0.1, 0.15) is 5.82 Å². The molecule has 0 radical (unpaired) electrons. The SMILES string of the molecule is Cc1ccc(-n2c(S[C@H](C)C#N)nc3ccccc3c2=O)cc1F. The van der Waals surface area contributed by atoms with Crippen LogP contribution in [0.5, 0.6) is 0 Å². The molecule has 120 valence electrons. The van der Waals surface area contributed by atoms with Crippen molar-refractivity contribution in [3.05, 3.63) is 64.2 Å². The Morgan fingerprint density at radius 1 is 1.29 bits per heavy atom. The van der Waals surface area contributed by atoms with Crippen LogP contribution >= 0.6 is 11.8 Å². The smallest absolute Gasteiger partial charge is 0.266 e. The lowest BCUT2D eigenvalue weighted by molar-refractivity contribution is 0.615. The number of nitrogens with zero attached hydrogens (tertiary/aromatic N) is 3. The molecular weight excluding hydrogens is 325 g/mol. The number of rotatable bonds is 3. The van der Waals surface area contributed by atoms with Gasteiger partial charge in [0, 0.05) is 0 Å². The maximum atomic E-state index is 14.0. The van der Waals surface area contributed by atoms with Gasteiger partial charge in [-0.25, -0.2) is 9.37 Å². The van der Waals surface area contributed by atoms with Crippen molar-refractivity contribution in [3.8, 4) is 11.8 Å². The Bertz CT molecular complexity index is 1020. The second-order valence-corrected chi connectivity index (χ2v) is 6.68. The summed E-state index contributed by atoms with van der Waals surface area (Å²) in [4.78, 5) is 17.4. The van der Waals surface area contributed by atoms with Crippen molar-refractivity contribution in [1.29, 1.82) is 5.26 Å². The van der Waals surface area contributed by atoms with E-state index in [0.29, 0.717) is 27.3 Å². The van der Waals surface area contributed by atoms with Gasteiger partial charge in [0.2, 0.25) is 0 Å². The third kappa shape index (κ3) is 2.91. The maximum Gasteiger partial charge on any atom is 0.266 e. The van der Waals surface area contributed by atoms with Crippen LogP contribution in [0.1, 0.15) is 12.5 Å². The second-order valence-electron chi connectivity index (χ2n) is 5.37. The van der Waals surface area contributed by atoms with Gasteiger partial charge in [0.05, 0.1) is 27.9 Å². The quantitative estimate of drug-likeness (QED) is 0.537. The highest BCUT2D eigenvalue weighted by atomic mass is 32.2. The molecule has 0 aliphatic carbocycles.